The predicted octanol–water partition coefficient (Wildman–Crippen LogP) is 1.99. The van der Waals surface area contributed by atoms with Crippen molar-refractivity contribution < 1.29 is 17.6 Å². The molecule has 24 heavy (non-hydrogen) atoms. The number of carbonyl (C=O) groups excluding carboxylic acids is 1. The Kier molecular flexibility index (Phi) is 4.64. The highest BCUT2D eigenvalue weighted by Crippen LogP contribution is 2.27. The first-order chi connectivity index (χ1) is 11.4. The fraction of sp³-hybridized carbons (Fsp3) is 0.471. The van der Waals surface area contributed by atoms with Crippen molar-refractivity contribution in [2.75, 3.05) is 25.9 Å². The average Bonchev–Trinajstić information content (AvgIpc) is 3.07. The topological polar surface area (TPSA) is 70.8 Å². The first kappa shape index (κ1) is 17.0. The van der Waals surface area contributed by atoms with Gasteiger partial charge in [0.1, 0.15) is 11.3 Å². The summed E-state index contributed by atoms with van der Waals surface area (Å²) in [6, 6.07) is 7.76. The van der Waals surface area contributed by atoms with Gasteiger partial charge in [-0.05, 0) is 12.5 Å². The summed E-state index contributed by atoms with van der Waals surface area (Å²) in [7, 11) is -1.56. The maximum Gasteiger partial charge on any atom is 0.237 e. The Labute approximate surface area is 142 Å². The van der Waals surface area contributed by atoms with Crippen molar-refractivity contribution in [3.63, 3.8) is 0 Å². The highest BCUT2D eigenvalue weighted by molar-refractivity contribution is 7.89. The number of furan rings is 1. The van der Waals surface area contributed by atoms with E-state index in [0.717, 1.165) is 28.7 Å². The summed E-state index contributed by atoms with van der Waals surface area (Å²) in [6.45, 7) is 2.76. The van der Waals surface area contributed by atoms with E-state index in [1.54, 1.807) is 11.9 Å². The van der Waals surface area contributed by atoms with Gasteiger partial charge in [0.25, 0.3) is 0 Å². The number of likely N-dealkylation sites (N-methyl/N-ethyl adjacent to an activating group) is 1. The fourth-order valence-electron chi connectivity index (χ4n) is 3.07. The van der Waals surface area contributed by atoms with Gasteiger partial charge in [0.05, 0.1) is 12.3 Å². The molecule has 7 heteroatoms. The van der Waals surface area contributed by atoms with Crippen molar-refractivity contribution in [1.82, 2.24) is 9.21 Å². The smallest absolute Gasteiger partial charge is 0.237 e. The number of aryl methyl sites for hydroxylation is 1. The van der Waals surface area contributed by atoms with Crippen molar-refractivity contribution in [3.05, 3.63) is 35.6 Å². The Morgan fingerprint density at radius 2 is 2.08 bits per heavy atom. The van der Waals surface area contributed by atoms with E-state index in [9.17, 15) is 13.2 Å². The molecule has 1 aromatic heterocycles. The van der Waals surface area contributed by atoms with E-state index in [1.807, 2.05) is 31.2 Å². The molecule has 1 saturated heterocycles. The number of benzene rings is 1. The minimum Gasteiger partial charge on any atom is -0.461 e. The maximum absolute atomic E-state index is 12.4. The van der Waals surface area contributed by atoms with Crippen LogP contribution in [0.2, 0.25) is 0 Å². The van der Waals surface area contributed by atoms with Gasteiger partial charge in [-0.1, -0.05) is 25.1 Å². The second-order valence-electron chi connectivity index (χ2n) is 6.11. The van der Waals surface area contributed by atoms with Crippen molar-refractivity contribution in [3.8, 4) is 0 Å². The Hall–Kier alpha value is -1.86. The monoisotopic (exact) mass is 350 g/mol. The van der Waals surface area contributed by atoms with Crippen LogP contribution in [0.3, 0.4) is 0 Å². The number of nitrogens with zero attached hydrogens (tertiary/aromatic N) is 2. The number of sulfonamides is 1. The summed E-state index contributed by atoms with van der Waals surface area (Å²) < 4.78 is 30.8. The Balaban J connectivity index is 1.77. The Morgan fingerprint density at radius 3 is 2.75 bits per heavy atom. The SMILES string of the molecule is CCc1oc2ccccc2c1CN(C)C(=O)CN1CCCS1(=O)=O. The molecule has 1 aliphatic rings. The van der Waals surface area contributed by atoms with Crippen LogP contribution in [0.15, 0.2) is 28.7 Å². The van der Waals surface area contributed by atoms with E-state index >= 15 is 0 Å². The van der Waals surface area contributed by atoms with E-state index in [2.05, 4.69) is 0 Å². The summed E-state index contributed by atoms with van der Waals surface area (Å²) in [5.41, 5.74) is 1.81. The second-order valence-corrected chi connectivity index (χ2v) is 8.19. The molecule has 6 nitrogen and oxygen atoms in total. The molecule has 0 radical (unpaired) electrons. The summed E-state index contributed by atoms with van der Waals surface area (Å²) in [5.74, 6) is 0.800. The van der Waals surface area contributed by atoms with Crippen LogP contribution in [0.1, 0.15) is 24.7 Å². The number of hydrogen-bond acceptors (Lipinski definition) is 4. The maximum atomic E-state index is 12.4. The molecule has 0 atom stereocenters. The van der Waals surface area contributed by atoms with Gasteiger partial charge in [-0.3, -0.25) is 4.79 Å². The molecular weight excluding hydrogens is 328 g/mol. The van der Waals surface area contributed by atoms with E-state index in [0.29, 0.717) is 19.5 Å². The van der Waals surface area contributed by atoms with Crippen LogP contribution in [0.5, 0.6) is 0 Å². The molecule has 0 unspecified atom stereocenters. The van der Waals surface area contributed by atoms with E-state index in [1.165, 1.54) is 4.31 Å². The molecule has 0 spiro atoms. The van der Waals surface area contributed by atoms with Gasteiger partial charge in [0.15, 0.2) is 0 Å². The number of para-hydroxylation sites is 1. The zero-order chi connectivity index (χ0) is 17.3. The number of fused-ring (bicyclic) bond motifs is 1. The van der Waals surface area contributed by atoms with E-state index in [-0.39, 0.29) is 18.2 Å². The quantitative estimate of drug-likeness (QED) is 0.827. The van der Waals surface area contributed by atoms with Gasteiger partial charge in [0.2, 0.25) is 15.9 Å². The molecule has 1 aliphatic heterocycles. The zero-order valence-corrected chi connectivity index (χ0v) is 14.8. The predicted molar refractivity (Wildman–Crippen MR) is 92.0 cm³/mol. The van der Waals surface area contributed by atoms with Crippen molar-refractivity contribution in [1.29, 1.82) is 0 Å². The lowest BCUT2D eigenvalue weighted by Gasteiger charge is -2.21. The van der Waals surface area contributed by atoms with Crippen LogP contribution in [-0.4, -0.2) is 49.4 Å². The highest BCUT2D eigenvalue weighted by atomic mass is 32.2. The van der Waals surface area contributed by atoms with Crippen LogP contribution in [0.25, 0.3) is 11.0 Å². The second kappa shape index (κ2) is 6.57. The first-order valence-electron chi connectivity index (χ1n) is 8.13. The minimum atomic E-state index is -3.26. The van der Waals surface area contributed by atoms with Crippen LogP contribution in [-0.2, 0) is 27.8 Å². The third-order valence-electron chi connectivity index (χ3n) is 4.44. The van der Waals surface area contributed by atoms with Gasteiger partial charge < -0.3 is 9.32 Å². The molecule has 1 aromatic carbocycles. The number of carbonyl (C=O) groups is 1. The summed E-state index contributed by atoms with van der Waals surface area (Å²) in [6.07, 6.45) is 1.33. The number of rotatable bonds is 5. The van der Waals surface area contributed by atoms with Gasteiger partial charge in [-0.15, -0.1) is 0 Å². The molecule has 2 aromatic rings. The standard InChI is InChI=1S/C17H22N2O4S/c1-3-15-14(13-7-4-5-8-16(13)23-15)11-18(2)17(20)12-19-9-6-10-24(19,21)22/h4-5,7-8H,3,6,9-12H2,1-2H3. The van der Waals surface area contributed by atoms with Crippen molar-refractivity contribution in [2.45, 2.75) is 26.3 Å². The fourth-order valence-corrected chi connectivity index (χ4v) is 4.54. The van der Waals surface area contributed by atoms with E-state index < -0.39 is 10.0 Å². The highest BCUT2D eigenvalue weighted by Gasteiger charge is 2.30. The van der Waals surface area contributed by atoms with Crippen LogP contribution >= 0.6 is 0 Å². The van der Waals surface area contributed by atoms with Gasteiger partial charge in [-0.25, -0.2) is 8.42 Å². The lowest BCUT2D eigenvalue weighted by atomic mass is 10.1. The Morgan fingerprint density at radius 1 is 1.33 bits per heavy atom. The van der Waals surface area contributed by atoms with Gasteiger partial charge in [0, 0.05) is 37.5 Å². The molecule has 0 saturated carbocycles. The molecular formula is C17H22N2O4S. The lowest BCUT2D eigenvalue weighted by molar-refractivity contribution is -0.130. The van der Waals surface area contributed by atoms with Crippen LogP contribution < -0.4 is 0 Å². The number of hydrogen-bond donors (Lipinski definition) is 0. The average molecular weight is 350 g/mol. The van der Waals surface area contributed by atoms with Crippen LogP contribution in [0, 0.1) is 0 Å². The molecule has 1 fully saturated rings. The third kappa shape index (κ3) is 3.18. The molecule has 0 aliphatic carbocycles. The molecule has 0 bridgehead atoms. The normalized spacial score (nSPS) is 17.4. The minimum absolute atomic E-state index is 0.0872. The molecule has 130 valence electrons. The largest absolute Gasteiger partial charge is 0.461 e. The molecule has 1 amide bonds. The number of amides is 1. The molecule has 3 rings (SSSR count). The lowest BCUT2D eigenvalue weighted by Crippen LogP contribution is -2.38. The summed E-state index contributed by atoms with van der Waals surface area (Å²) in [5, 5.41) is 1.00. The van der Waals surface area contributed by atoms with Crippen molar-refractivity contribution in [2.24, 2.45) is 0 Å². The summed E-state index contributed by atoms with van der Waals surface area (Å²) in [4.78, 5) is 14.0. The van der Waals surface area contributed by atoms with Gasteiger partial charge >= 0.3 is 0 Å². The van der Waals surface area contributed by atoms with E-state index in [4.69, 9.17) is 4.42 Å². The van der Waals surface area contributed by atoms with Gasteiger partial charge in [-0.2, -0.15) is 4.31 Å². The molecule has 0 N–H and O–H groups in total. The van der Waals surface area contributed by atoms with Crippen molar-refractivity contribution >= 4 is 26.9 Å². The molecule has 2 heterocycles. The third-order valence-corrected chi connectivity index (χ3v) is 6.34. The summed E-state index contributed by atoms with van der Waals surface area (Å²) >= 11 is 0. The Bertz CT molecular complexity index is 857. The first-order valence-corrected chi connectivity index (χ1v) is 9.74. The zero-order valence-electron chi connectivity index (χ0n) is 14.0. The van der Waals surface area contributed by atoms with Crippen LogP contribution in [0.4, 0.5) is 0 Å².